The highest BCUT2D eigenvalue weighted by Gasteiger charge is 2.29. The standard InChI is InChI=1S/C7H21NOSi2/c1-6-7(8)11(4,5)9-10(2)3/h7,10H,6,8H2,1-5H3. The van der Waals surface area contributed by atoms with E-state index in [0.29, 0.717) is 5.67 Å². The second-order valence-corrected chi connectivity index (χ2v) is 10.8. The Hall–Kier alpha value is 0.354. The van der Waals surface area contributed by atoms with Crippen molar-refractivity contribution in [1.82, 2.24) is 0 Å². The van der Waals surface area contributed by atoms with Crippen LogP contribution in [0.4, 0.5) is 0 Å². The lowest BCUT2D eigenvalue weighted by atomic mass is 10.5. The predicted molar refractivity (Wildman–Crippen MR) is 55.7 cm³/mol. The van der Waals surface area contributed by atoms with E-state index in [2.05, 4.69) is 33.1 Å². The fourth-order valence-electron chi connectivity index (χ4n) is 1.19. The third-order valence-electron chi connectivity index (χ3n) is 1.87. The van der Waals surface area contributed by atoms with Gasteiger partial charge in [-0.3, -0.25) is 0 Å². The fourth-order valence-corrected chi connectivity index (χ4v) is 7.73. The van der Waals surface area contributed by atoms with E-state index < -0.39 is 17.4 Å². The lowest BCUT2D eigenvalue weighted by Gasteiger charge is -2.30. The number of hydrogen-bond acceptors (Lipinski definition) is 2. The molecule has 0 heterocycles. The highest BCUT2D eigenvalue weighted by molar-refractivity contribution is 6.79. The third kappa shape index (κ3) is 4.05. The molecule has 1 atom stereocenters. The van der Waals surface area contributed by atoms with Crippen molar-refractivity contribution >= 4 is 17.4 Å². The number of rotatable bonds is 4. The minimum atomic E-state index is -1.53. The van der Waals surface area contributed by atoms with Gasteiger partial charge in [-0.05, 0) is 32.6 Å². The lowest BCUT2D eigenvalue weighted by Crippen LogP contribution is -2.52. The van der Waals surface area contributed by atoms with E-state index in [0.717, 1.165) is 6.42 Å². The van der Waals surface area contributed by atoms with Gasteiger partial charge in [0.05, 0.1) is 0 Å². The van der Waals surface area contributed by atoms with Crippen LogP contribution in [0.3, 0.4) is 0 Å². The van der Waals surface area contributed by atoms with Crippen LogP contribution in [0.2, 0.25) is 26.2 Å². The van der Waals surface area contributed by atoms with Crippen molar-refractivity contribution in [2.45, 2.75) is 45.2 Å². The topological polar surface area (TPSA) is 35.2 Å². The second-order valence-electron chi connectivity index (χ2n) is 3.78. The third-order valence-corrected chi connectivity index (χ3v) is 8.38. The maximum atomic E-state index is 5.96. The van der Waals surface area contributed by atoms with Crippen LogP contribution in [0, 0.1) is 0 Å². The van der Waals surface area contributed by atoms with E-state index in [1.807, 2.05) is 0 Å². The van der Waals surface area contributed by atoms with E-state index in [-0.39, 0.29) is 0 Å². The normalized spacial score (nSPS) is 15.5. The SMILES string of the molecule is CCC(N)[Si](C)(C)O[SiH](C)C. The maximum absolute atomic E-state index is 5.96. The molecular weight excluding hydrogens is 170 g/mol. The van der Waals surface area contributed by atoms with Crippen LogP contribution in [0.15, 0.2) is 0 Å². The monoisotopic (exact) mass is 191 g/mol. The zero-order valence-corrected chi connectivity index (χ0v) is 10.5. The average molecular weight is 191 g/mol. The summed E-state index contributed by atoms with van der Waals surface area (Å²) >= 11 is 0. The van der Waals surface area contributed by atoms with Crippen molar-refractivity contribution in [3.05, 3.63) is 0 Å². The molecule has 0 saturated heterocycles. The summed E-state index contributed by atoms with van der Waals surface area (Å²) in [5.74, 6) is 0. The molecule has 0 aliphatic rings. The highest BCUT2D eigenvalue weighted by atomic mass is 28.4. The molecule has 0 rings (SSSR count). The molecule has 0 aromatic rings. The minimum absolute atomic E-state index is 0.303. The summed E-state index contributed by atoms with van der Waals surface area (Å²) in [7, 11) is -2.41. The van der Waals surface area contributed by atoms with Crippen LogP contribution >= 0.6 is 0 Å². The first-order valence-electron chi connectivity index (χ1n) is 4.33. The Kier molecular flexibility index (Phi) is 4.54. The fraction of sp³-hybridized carbons (Fsp3) is 1.00. The molecule has 0 aliphatic heterocycles. The predicted octanol–water partition coefficient (Wildman–Crippen LogP) is 1.47. The Morgan fingerprint density at radius 1 is 1.45 bits per heavy atom. The van der Waals surface area contributed by atoms with Gasteiger partial charge in [-0.1, -0.05) is 6.92 Å². The molecule has 0 amide bonds. The molecular formula is C7H21NOSi2. The first-order valence-corrected chi connectivity index (χ1v) is 10.1. The van der Waals surface area contributed by atoms with Crippen molar-refractivity contribution in [2.24, 2.45) is 5.73 Å². The molecule has 0 aliphatic carbocycles. The van der Waals surface area contributed by atoms with Gasteiger partial charge in [-0.25, -0.2) is 0 Å². The summed E-state index contributed by atoms with van der Waals surface area (Å²) in [6.45, 7) is 11.0. The van der Waals surface area contributed by atoms with Crippen molar-refractivity contribution in [2.75, 3.05) is 0 Å². The van der Waals surface area contributed by atoms with Crippen LogP contribution in [-0.2, 0) is 4.12 Å². The summed E-state index contributed by atoms with van der Waals surface area (Å²) in [6.07, 6.45) is 1.04. The Labute approximate surface area is 73.0 Å². The zero-order chi connectivity index (χ0) is 9.07. The molecule has 4 heteroatoms. The van der Waals surface area contributed by atoms with Gasteiger partial charge < -0.3 is 9.85 Å². The van der Waals surface area contributed by atoms with Gasteiger partial charge in [0.25, 0.3) is 0 Å². The van der Waals surface area contributed by atoms with Gasteiger partial charge in [0.2, 0.25) is 0 Å². The van der Waals surface area contributed by atoms with Crippen molar-refractivity contribution < 1.29 is 4.12 Å². The largest absolute Gasteiger partial charge is 0.457 e. The van der Waals surface area contributed by atoms with Crippen LogP contribution in [0.25, 0.3) is 0 Å². The lowest BCUT2D eigenvalue weighted by molar-refractivity contribution is 0.540. The molecule has 0 aromatic carbocycles. The van der Waals surface area contributed by atoms with E-state index in [1.165, 1.54) is 0 Å². The molecule has 0 aromatic heterocycles. The molecule has 1 unspecified atom stereocenters. The second kappa shape index (κ2) is 4.40. The Balaban J connectivity index is 3.98. The zero-order valence-electron chi connectivity index (χ0n) is 8.35. The van der Waals surface area contributed by atoms with Gasteiger partial charge in [0.15, 0.2) is 17.4 Å². The molecule has 11 heavy (non-hydrogen) atoms. The molecule has 0 saturated carbocycles. The van der Waals surface area contributed by atoms with Crippen LogP contribution in [-0.4, -0.2) is 23.0 Å². The Morgan fingerprint density at radius 3 is 2.18 bits per heavy atom. The van der Waals surface area contributed by atoms with Crippen LogP contribution in [0.5, 0.6) is 0 Å². The highest BCUT2D eigenvalue weighted by Crippen LogP contribution is 2.12. The maximum Gasteiger partial charge on any atom is 0.190 e. The smallest absolute Gasteiger partial charge is 0.190 e. The van der Waals surface area contributed by atoms with Crippen molar-refractivity contribution in [3.8, 4) is 0 Å². The van der Waals surface area contributed by atoms with Crippen molar-refractivity contribution in [1.29, 1.82) is 0 Å². The molecule has 0 radical (unpaired) electrons. The van der Waals surface area contributed by atoms with Crippen LogP contribution < -0.4 is 5.73 Å². The Morgan fingerprint density at radius 2 is 1.91 bits per heavy atom. The summed E-state index contributed by atoms with van der Waals surface area (Å²) in [6, 6.07) is 0. The first-order chi connectivity index (χ1) is 4.90. The van der Waals surface area contributed by atoms with Crippen molar-refractivity contribution in [3.63, 3.8) is 0 Å². The van der Waals surface area contributed by atoms with Gasteiger partial charge in [0, 0.05) is 5.67 Å². The summed E-state index contributed by atoms with van der Waals surface area (Å²) < 4.78 is 5.94. The summed E-state index contributed by atoms with van der Waals surface area (Å²) in [5, 5.41) is 0. The Bertz CT molecular complexity index is 117. The van der Waals surface area contributed by atoms with E-state index in [9.17, 15) is 0 Å². The number of nitrogens with two attached hydrogens (primary N) is 1. The molecule has 0 fully saturated rings. The average Bonchev–Trinajstić information content (AvgIpc) is 1.83. The van der Waals surface area contributed by atoms with Gasteiger partial charge in [-0.2, -0.15) is 0 Å². The quantitative estimate of drug-likeness (QED) is 0.683. The molecule has 2 nitrogen and oxygen atoms in total. The van der Waals surface area contributed by atoms with Gasteiger partial charge >= 0.3 is 0 Å². The van der Waals surface area contributed by atoms with E-state index in [1.54, 1.807) is 0 Å². The summed E-state index contributed by atoms with van der Waals surface area (Å²) in [5.41, 5.74) is 6.26. The van der Waals surface area contributed by atoms with Crippen LogP contribution in [0.1, 0.15) is 13.3 Å². The molecule has 2 N–H and O–H groups in total. The number of hydrogen-bond donors (Lipinski definition) is 1. The van der Waals surface area contributed by atoms with E-state index >= 15 is 0 Å². The summed E-state index contributed by atoms with van der Waals surface area (Å²) in [4.78, 5) is 0. The minimum Gasteiger partial charge on any atom is -0.457 e. The molecule has 68 valence electrons. The van der Waals surface area contributed by atoms with Gasteiger partial charge in [-0.15, -0.1) is 0 Å². The van der Waals surface area contributed by atoms with Gasteiger partial charge in [0.1, 0.15) is 0 Å². The first kappa shape index (κ1) is 11.4. The molecule has 0 bridgehead atoms. The van der Waals surface area contributed by atoms with E-state index in [4.69, 9.17) is 9.85 Å². The molecule has 0 spiro atoms.